The molecule has 0 saturated heterocycles. The molecule has 3 aromatic rings. The van der Waals surface area contributed by atoms with Gasteiger partial charge in [-0.2, -0.15) is 0 Å². The van der Waals surface area contributed by atoms with Crippen LogP contribution in [-0.4, -0.2) is 18.7 Å². The third kappa shape index (κ3) is 5.45. The molecule has 148 valence electrons. The molecule has 5 nitrogen and oxygen atoms in total. The maximum absolute atomic E-state index is 12.8. The number of hydrogen-bond acceptors (Lipinski definition) is 5. The number of rotatable bonds is 7. The molecule has 0 radical (unpaired) electrons. The van der Waals surface area contributed by atoms with Crippen molar-refractivity contribution < 1.29 is 23.8 Å². The monoisotopic (exact) mass is 390 g/mol. The van der Waals surface area contributed by atoms with Crippen LogP contribution in [0.5, 0.6) is 11.5 Å². The molecule has 0 spiro atoms. The SMILES string of the molecule is CCCOC(=O)C(c1ccccc1)c1ccccc1OC(=O)Oc1ccccc1. The van der Waals surface area contributed by atoms with E-state index in [0.29, 0.717) is 17.9 Å². The van der Waals surface area contributed by atoms with E-state index in [-0.39, 0.29) is 5.75 Å². The molecule has 0 saturated carbocycles. The maximum Gasteiger partial charge on any atom is 0.519 e. The number of carbonyl (C=O) groups is 2. The number of esters is 1. The summed E-state index contributed by atoms with van der Waals surface area (Å²) in [5.74, 6) is -0.498. The number of hydrogen-bond donors (Lipinski definition) is 0. The highest BCUT2D eigenvalue weighted by atomic mass is 16.7. The highest BCUT2D eigenvalue weighted by Crippen LogP contribution is 2.33. The topological polar surface area (TPSA) is 61.8 Å². The minimum absolute atomic E-state index is 0.246. The second kappa shape index (κ2) is 10.1. The maximum atomic E-state index is 12.8. The molecule has 0 amide bonds. The van der Waals surface area contributed by atoms with E-state index >= 15 is 0 Å². The summed E-state index contributed by atoms with van der Waals surface area (Å²) in [5.41, 5.74) is 1.28. The van der Waals surface area contributed by atoms with Crippen molar-refractivity contribution in [1.82, 2.24) is 0 Å². The van der Waals surface area contributed by atoms with Crippen molar-refractivity contribution in [3.63, 3.8) is 0 Å². The molecule has 0 aromatic heterocycles. The van der Waals surface area contributed by atoms with Gasteiger partial charge in [0.15, 0.2) is 0 Å². The Labute approximate surface area is 169 Å². The molecule has 29 heavy (non-hydrogen) atoms. The lowest BCUT2D eigenvalue weighted by Crippen LogP contribution is -2.20. The van der Waals surface area contributed by atoms with Crippen LogP contribution in [0.3, 0.4) is 0 Å². The van der Waals surface area contributed by atoms with E-state index in [4.69, 9.17) is 14.2 Å². The summed E-state index contributed by atoms with van der Waals surface area (Å²) in [4.78, 5) is 25.1. The van der Waals surface area contributed by atoms with Crippen LogP contribution in [0.4, 0.5) is 4.79 Å². The predicted octanol–water partition coefficient (Wildman–Crippen LogP) is 5.35. The Kier molecular flexibility index (Phi) is 7.00. The molecule has 0 fully saturated rings. The third-order valence-corrected chi connectivity index (χ3v) is 4.18. The summed E-state index contributed by atoms with van der Waals surface area (Å²) in [5, 5.41) is 0. The first-order valence-corrected chi connectivity index (χ1v) is 9.44. The lowest BCUT2D eigenvalue weighted by molar-refractivity contribution is -0.144. The van der Waals surface area contributed by atoms with Crippen LogP contribution in [0.15, 0.2) is 84.9 Å². The quantitative estimate of drug-likeness (QED) is 0.402. The van der Waals surface area contributed by atoms with E-state index in [9.17, 15) is 9.59 Å². The van der Waals surface area contributed by atoms with Gasteiger partial charge < -0.3 is 14.2 Å². The number of benzene rings is 3. The van der Waals surface area contributed by atoms with E-state index in [1.165, 1.54) is 0 Å². The van der Waals surface area contributed by atoms with Crippen LogP contribution >= 0.6 is 0 Å². The van der Waals surface area contributed by atoms with Crippen LogP contribution in [0.25, 0.3) is 0 Å². The molecule has 1 atom stereocenters. The molecular formula is C24H22O5. The van der Waals surface area contributed by atoms with Crippen molar-refractivity contribution in [2.45, 2.75) is 19.3 Å². The highest BCUT2D eigenvalue weighted by molar-refractivity contribution is 5.83. The van der Waals surface area contributed by atoms with Crippen LogP contribution < -0.4 is 9.47 Å². The van der Waals surface area contributed by atoms with Crippen LogP contribution in [0.2, 0.25) is 0 Å². The van der Waals surface area contributed by atoms with E-state index in [1.807, 2.05) is 43.3 Å². The van der Waals surface area contributed by atoms with Crippen molar-refractivity contribution in [1.29, 1.82) is 0 Å². The molecule has 0 heterocycles. The van der Waals surface area contributed by atoms with E-state index in [0.717, 1.165) is 12.0 Å². The van der Waals surface area contributed by atoms with Gasteiger partial charge in [0.25, 0.3) is 0 Å². The van der Waals surface area contributed by atoms with Gasteiger partial charge in [0.1, 0.15) is 17.4 Å². The molecule has 3 rings (SSSR count). The average Bonchev–Trinajstić information content (AvgIpc) is 2.75. The Bertz CT molecular complexity index is 938. The van der Waals surface area contributed by atoms with Crippen molar-refractivity contribution in [3.05, 3.63) is 96.1 Å². The van der Waals surface area contributed by atoms with Crippen molar-refractivity contribution in [2.24, 2.45) is 0 Å². The summed E-state index contributed by atoms with van der Waals surface area (Å²) in [7, 11) is 0. The molecule has 0 aliphatic carbocycles. The van der Waals surface area contributed by atoms with Gasteiger partial charge in [0, 0.05) is 5.56 Å². The number of para-hydroxylation sites is 2. The number of ether oxygens (including phenoxy) is 3. The zero-order valence-corrected chi connectivity index (χ0v) is 16.1. The van der Waals surface area contributed by atoms with Gasteiger partial charge >= 0.3 is 12.1 Å². The molecular weight excluding hydrogens is 368 g/mol. The molecule has 3 aromatic carbocycles. The van der Waals surface area contributed by atoms with Gasteiger partial charge in [-0.05, 0) is 30.2 Å². The largest absolute Gasteiger partial charge is 0.519 e. The summed E-state index contributed by atoms with van der Waals surface area (Å²) < 4.78 is 16.1. The summed E-state index contributed by atoms with van der Waals surface area (Å²) in [6.45, 7) is 2.25. The Morgan fingerprint density at radius 3 is 2.10 bits per heavy atom. The zero-order chi connectivity index (χ0) is 20.5. The van der Waals surface area contributed by atoms with E-state index in [1.54, 1.807) is 48.5 Å². The first-order chi connectivity index (χ1) is 14.2. The van der Waals surface area contributed by atoms with Gasteiger partial charge in [0.05, 0.1) is 6.61 Å². The number of carbonyl (C=O) groups excluding carboxylic acids is 2. The fraction of sp³-hybridized carbons (Fsp3) is 0.167. The van der Waals surface area contributed by atoms with Gasteiger partial charge in [0.2, 0.25) is 0 Å². The van der Waals surface area contributed by atoms with Crippen molar-refractivity contribution in [3.8, 4) is 11.5 Å². The first kappa shape index (κ1) is 20.1. The average molecular weight is 390 g/mol. The lowest BCUT2D eigenvalue weighted by atomic mass is 9.90. The van der Waals surface area contributed by atoms with Crippen molar-refractivity contribution in [2.75, 3.05) is 6.61 Å². The molecule has 0 N–H and O–H groups in total. The Hall–Kier alpha value is -3.60. The normalized spacial score (nSPS) is 11.3. The molecule has 0 aliphatic heterocycles. The minimum Gasteiger partial charge on any atom is -0.465 e. The molecule has 1 unspecified atom stereocenters. The second-order valence-electron chi connectivity index (χ2n) is 6.32. The fourth-order valence-electron chi connectivity index (χ4n) is 2.88. The van der Waals surface area contributed by atoms with Crippen LogP contribution in [0.1, 0.15) is 30.4 Å². The Balaban J connectivity index is 1.89. The second-order valence-corrected chi connectivity index (χ2v) is 6.32. The summed E-state index contributed by atoms with van der Waals surface area (Å²) in [6, 6.07) is 24.8. The van der Waals surface area contributed by atoms with Crippen LogP contribution in [0, 0.1) is 0 Å². The van der Waals surface area contributed by atoms with Gasteiger partial charge in [-0.1, -0.05) is 73.7 Å². The van der Waals surface area contributed by atoms with Gasteiger partial charge in [-0.15, -0.1) is 0 Å². The Morgan fingerprint density at radius 1 is 0.793 bits per heavy atom. The van der Waals surface area contributed by atoms with E-state index < -0.39 is 18.0 Å². The molecule has 0 bridgehead atoms. The molecule has 0 aliphatic rings. The zero-order valence-electron chi connectivity index (χ0n) is 16.1. The lowest BCUT2D eigenvalue weighted by Gasteiger charge is -2.19. The first-order valence-electron chi connectivity index (χ1n) is 9.44. The smallest absolute Gasteiger partial charge is 0.465 e. The molecule has 5 heteroatoms. The van der Waals surface area contributed by atoms with Crippen LogP contribution in [-0.2, 0) is 9.53 Å². The van der Waals surface area contributed by atoms with Gasteiger partial charge in [-0.3, -0.25) is 4.79 Å². The fourth-order valence-corrected chi connectivity index (χ4v) is 2.88. The summed E-state index contributed by atoms with van der Waals surface area (Å²) in [6.07, 6.45) is -0.160. The summed E-state index contributed by atoms with van der Waals surface area (Å²) >= 11 is 0. The van der Waals surface area contributed by atoms with Crippen molar-refractivity contribution >= 4 is 12.1 Å². The van der Waals surface area contributed by atoms with E-state index in [2.05, 4.69) is 0 Å². The Morgan fingerprint density at radius 2 is 1.41 bits per heavy atom. The van der Waals surface area contributed by atoms with Gasteiger partial charge in [-0.25, -0.2) is 4.79 Å². The minimum atomic E-state index is -0.877. The third-order valence-electron chi connectivity index (χ3n) is 4.18. The standard InChI is InChI=1S/C24H22O5/c1-2-17-27-23(25)22(18-11-5-3-6-12-18)20-15-9-10-16-21(20)29-24(26)28-19-13-7-4-8-14-19/h3-16,22H,2,17H2,1H3. The predicted molar refractivity (Wildman–Crippen MR) is 109 cm³/mol. The highest BCUT2D eigenvalue weighted by Gasteiger charge is 2.28.